The summed E-state index contributed by atoms with van der Waals surface area (Å²) in [6.45, 7) is 3.58. The van der Waals surface area contributed by atoms with Crippen molar-refractivity contribution in [2.75, 3.05) is 18.8 Å². The highest BCUT2D eigenvalue weighted by Crippen LogP contribution is 2.44. The van der Waals surface area contributed by atoms with Crippen LogP contribution in [0.5, 0.6) is 0 Å². The monoisotopic (exact) mass is 186 g/mol. The molecular formula is C9H18N2S. The van der Waals surface area contributed by atoms with Gasteiger partial charge in [0.2, 0.25) is 0 Å². The van der Waals surface area contributed by atoms with Gasteiger partial charge in [0.25, 0.3) is 0 Å². The van der Waals surface area contributed by atoms with Gasteiger partial charge in [0.1, 0.15) is 0 Å². The first-order valence-electron chi connectivity index (χ1n) is 3.61. The van der Waals surface area contributed by atoms with Crippen LogP contribution in [0.4, 0.5) is 0 Å². The Labute approximate surface area is 76.3 Å². The van der Waals surface area contributed by atoms with E-state index in [1.54, 1.807) is 12.3 Å². The molecule has 0 unspecified atom stereocenters. The Morgan fingerprint density at radius 2 is 1.83 bits per heavy atom. The molecule has 0 atom stereocenters. The first-order chi connectivity index (χ1) is 5.41. The normalized spacial score (nSPS) is 15.9. The Kier molecular flexibility index (Phi) is 3.96. The lowest BCUT2D eigenvalue weighted by Gasteiger charge is -2.26. The maximum absolute atomic E-state index is 5.61. The maximum atomic E-state index is 5.61. The van der Waals surface area contributed by atoms with Crippen molar-refractivity contribution in [3.8, 4) is 0 Å². The van der Waals surface area contributed by atoms with E-state index in [9.17, 15) is 0 Å². The van der Waals surface area contributed by atoms with Crippen LogP contribution in [0.2, 0.25) is 0 Å². The molecule has 0 amide bonds. The van der Waals surface area contributed by atoms with Gasteiger partial charge in [-0.25, -0.2) is 10.0 Å². The molecular weight excluding hydrogens is 168 g/mol. The van der Waals surface area contributed by atoms with Gasteiger partial charge < -0.3 is 11.5 Å². The minimum absolute atomic E-state index is 0.661. The van der Waals surface area contributed by atoms with Crippen LogP contribution in [-0.2, 0) is 0 Å². The molecule has 0 radical (unpaired) electrons. The Balaban J connectivity index is 4.74. The van der Waals surface area contributed by atoms with E-state index in [0.29, 0.717) is 5.70 Å². The molecule has 4 N–H and O–H groups in total. The number of rotatable bonds is 3. The van der Waals surface area contributed by atoms with E-state index in [4.69, 9.17) is 11.5 Å². The average molecular weight is 186 g/mol. The summed E-state index contributed by atoms with van der Waals surface area (Å²) in [6, 6.07) is 0. The third-order valence-corrected chi connectivity index (χ3v) is 3.08. The third kappa shape index (κ3) is 3.53. The molecule has 0 aliphatic carbocycles. The molecule has 0 aromatic rings. The third-order valence-electron chi connectivity index (χ3n) is 1.42. The summed E-state index contributed by atoms with van der Waals surface area (Å²) in [7, 11) is -0.788. The fourth-order valence-electron chi connectivity index (χ4n) is 0.652. The molecule has 0 bridgehead atoms. The fourth-order valence-corrected chi connectivity index (χ4v) is 1.55. The molecule has 0 aliphatic rings. The summed E-state index contributed by atoms with van der Waals surface area (Å²) in [5.41, 5.74) is 11.8. The zero-order valence-corrected chi connectivity index (χ0v) is 8.82. The Hall–Kier alpha value is -0.830. The topological polar surface area (TPSA) is 52.0 Å². The van der Waals surface area contributed by atoms with Crippen molar-refractivity contribution in [1.29, 1.82) is 0 Å². The molecule has 70 valence electrons. The van der Waals surface area contributed by atoms with E-state index in [1.165, 1.54) is 0 Å². The highest BCUT2D eigenvalue weighted by Gasteiger charge is 2.08. The van der Waals surface area contributed by atoms with Gasteiger partial charge in [-0.15, -0.1) is 0 Å². The van der Waals surface area contributed by atoms with E-state index < -0.39 is 10.0 Å². The maximum Gasteiger partial charge on any atom is 0.0319 e. The van der Waals surface area contributed by atoms with Crippen molar-refractivity contribution < 1.29 is 0 Å². The van der Waals surface area contributed by atoms with Gasteiger partial charge in [0, 0.05) is 16.8 Å². The molecule has 0 heterocycles. The Morgan fingerprint density at radius 1 is 1.33 bits per heavy atom. The van der Waals surface area contributed by atoms with E-state index >= 15 is 0 Å². The predicted octanol–water partition coefficient (Wildman–Crippen LogP) is 1.51. The second-order valence-corrected chi connectivity index (χ2v) is 7.40. The lowest BCUT2D eigenvalue weighted by atomic mass is 10.4. The molecule has 0 saturated heterocycles. The Morgan fingerprint density at radius 3 is 2.08 bits per heavy atom. The standard InChI is InChI=1S/C9H18N2S/c1-5-8(11)6-9(7-10)12(2,3)4/h5-7H,1,10-11H2,2-4H3/b8-6+,9-7+. The number of nitrogens with two attached hydrogens (primary N) is 2. The van der Waals surface area contributed by atoms with Crippen LogP contribution in [-0.4, -0.2) is 18.8 Å². The van der Waals surface area contributed by atoms with E-state index in [1.807, 2.05) is 6.08 Å². The summed E-state index contributed by atoms with van der Waals surface area (Å²) >= 11 is 0. The van der Waals surface area contributed by atoms with Crippen LogP contribution >= 0.6 is 10.0 Å². The highest BCUT2D eigenvalue weighted by molar-refractivity contribution is 8.35. The van der Waals surface area contributed by atoms with Gasteiger partial charge in [-0.3, -0.25) is 0 Å². The van der Waals surface area contributed by atoms with Gasteiger partial charge in [0.15, 0.2) is 0 Å². The minimum atomic E-state index is -0.788. The number of hydrogen-bond acceptors (Lipinski definition) is 2. The van der Waals surface area contributed by atoms with Crippen molar-refractivity contribution >= 4 is 10.0 Å². The SMILES string of the molecule is C=C/C(N)=C\C(=C/N)S(C)(C)C. The molecule has 3 heteroatoms. The van der Waals surface area contributed by atoms with Gasteiger partial charge in [-0.05, 0) is 30.9 Å². The van der Waals surface area contributed by atoms with E-state index in [2.05, 4.69) is 25.3 Å². The van der Waals surface area contributed by atoms with E-state index in [-0.39, 0.29) is 0 Å². The average Bonchev–Trinajstić information content (AvgIpc) is 1.97. The molecule has 0 saturated carbocycles. The van der Waals surface area contributed by atoms with E-state index in [0.717, 1.165) is 4.91 Å². The molecule has 0 aliphatic heterocycles. The van der Waals surface area contributed by atoms with Crippen molar-refractivity contribution in [2.45, 2.75) is 0 Å². The zero-order chi connectivity index (χ0) is 9.78. The first-order valence-corrected chi connectivity index (χ1v) is 6.47. The summed E-state index contributed by atoms with van der Waals surface area (Å²) in [5.74, 6) is 0. The molecule has 0 aromatic heterocycles. The zero-order valence-electron chi connectivity index (χ0n) is 8.00. The van der Waals surface area contributed by atoms with Gasteiger partial charge >= 0.3 is 0 Å². The van der Waals surface area contributed by atoms with Crippen LogP contribution in [0, 0.1) is 0 Å². The van der Waals surface area contributed by atoms with Crippen molar-refractivity contribution in [3.05, 3.63) is 35.5 Å². The lowest BCUT2D eigenvalue weighted by molar-refractivity contribution is 1.42. The second-order valence-electron chi connectivity index (χ2n) is 3.25. The van der Waals surface area contributed by atoms with Crippen molar-refractivity contribution in [2.24, 2.45) is 11.5 Å². The summed E-state index contributed by atoms with van der Waals surface area (Å²) in [4.78, 5) is 1.10. The molecule has 0 aromatic carbocycles. The van der Waals surface area contributed by atoms with Crippen LogP contribution in [0.3, 0.4) is 0 Å². The van der Waals surface area contributed by atoms with Crippen molar-refractivity contribution in [3.63, 3.8) is 0 Å². The molecule has 0 spiro atoms. The highest BCUT2D eigenvalue weighted by atomic mass is 32.3. The number of hydrogen-bond donors (Lipinski definition) is 2. The summed E-state index contributed by atoms with van der Waals surface area (Å²) in [5, 5.41) is 0. The van der Waals surface area contributed by atoms with Crippen LogP contribution in [0.15, 0.2) is 35.5 Å². The summed E-state index contributed by atoms with van der Waals surface area (Å²) in [6.07, 6.45) is 11.6. The predicted molar refractivity (Wildman–Crippen MR) is 60.1 cm³/mol. The van der Waals surface area contributed by atoms with Crippen LogP contribution < -0.4 is 11.5 Å². The largest absolute Gasteiger partial charge is 0.404 e. The quantitative estimate of drug-likeness (QED) is 0.656. The van der Waals surface area contributed by atoms with Crippen LogP contribution in [0.1, 0.15) is 0 Å². The number of allylic oxidation sites excluding steroid dienone is 2. The molecule has 0 rings (SSSR count). The van der Waals surface area contributed by atoms with Gasteiger partial charge in [-0.2, -0.15) is 0 Å². The molecule has 0 fully saturated rings. The fraction of sp³-hybridized carbons (Fsp3) is 0.333. The van der Waals surface area contributed by atoms with Crippen molar-refractivity contribution in [1.82, 2.24) is 0 Å². The molecule has 12 heavy (non-hydrogen) atoms. The molecule has 2 nitrogen and oxygen atoms in total. The summed E-state index contributed by atoms with van der Waals surface area (Å²) < 4.78 is 0. The van der Waals surface area contributed by atoms with Gasteiger partial charge in [-0.1, -0.05) is 6.58 Å². The Bertz CT molecular complexity index is 221. The minimum Gasteiger partial charge on any atom is -0.404 e. The van der Waals surface area contributed by atoms with Gasteiger partial charge in [0.05, 0.1) is 0 Å². The van der Waals surface area contributed by atoms with Crippen LogP contribution in [0.25, 0.3) is 0 Å². The first kappa shape index (κ1) is 11.2. The smallest absolute Gasteiger partial charge is 0.0319 e. The second kappa shape index (κ2) is 4.26. The lowest BCUT2D eigenvalue weighted by Crippen LogP contribution is -2.01.